The number of rotatable bonds is 6. The third kappa shape index (κ3) is 3.91. The molecule has 2 bridgehead atoms. The molecule has 2 aromatic carbocycles. The quantitative estimate of drug-likeness (QED) is 0.337. The maximum atomic E-state index is 12.9. The monoisotopic (exact) mass is 483 g/mol. The zero-order chi connectivity index (χ0) is 23.3. The number of anilines is 1. The van der Waals surface area contributed by atoms with E-state index in [0.717, 1.165) is 22.7 Å². The van der Waals surface area contributed by atoms with Crippen LogP contribution in [0.25, 0.3) is 0 Å². The molecule has 2 aliphatic carbocycles. The van der Waals surface area contributed by atoms with Gasteiger partial charge < -0.3 is 9.64 Å². The number of amides is 2. The van der Waals surface area contributed by atoms with E-state index in [-0.39, 0.29) is 42.1 Å². The van der Waals surface area contributed by atoms with Crippen molar-refractivity contribution in [3.8, 4) is 5.75 Å². The maximum absolute atomic E-state index is 12.9. The normalized spacial score (nSPS) is 25.4. The summed E-state index contributed by atoms with van der Waals surface area (Å²) in [5.74, 6) is -0.0702. The lowest BCUT2D eigenvalue weighted by atomic mass is 9.85. The van der Waals surface area contributed by atoms with Crippen LogP contribution in [0.3, 0.4) is 0 Å². The van der Waals surface area contributed by atoms with E-state index in [4.69, 9.17) is 27.9 Å². The van der Waals surface area contributed by atoms with Crippen molar-refractivity contribution < 1.29 is 14.3 Å². The van der Waals surface area contributed by atoms with Gasteiger partial charge in [0.1, 0.15) is 12.4 Å². The van der Waals surface area contributed by atoms with Crippen LogP contribution in [0.1, 0.15) is 17.5 Å². The second-order valence-corrected chi connectivity index (χ2v) is 9.70. The molecule has 1 saturated heterocycles. The summed E-state index contributed by atoms with van der Waals surface area (Å²) in [5.41, 5.74) is 2.48. The van der Waals surface area contributed by atoms with Crippen molar-refractivity contribution in [3.63, 3.8) is 0 Å². The number of allylic oxidation sites excluding steroid dienone is 2. The van der Waals surface area contributed by atoms with Crippen LogP contribution in [0.5, 0.6) is 5.75 Å². The van der Waals surface area contributed by atoms with Gasteiger partial charge in [0.2, 0.25) is 0 Å². The molecule has 1 aliphatic heterocycles. The lowest BCUT2D eigenvalue weighted by Crippen LogP contribution is -2.28. The summed E-state index contributed by atoms with van der Waals surface area (Å²) >= 11 is 12.1. The smallest absolute Gasteiger partial charge is 0.254 e. The molecule has 2 aromatic rings. The van der Waals surface area contributed by atoms with Crippen LogP contribution in [0, 0.1) is 23.7 Å². The first-order valence-electron chi connectivity index (χ1n) is 10.8. The van der Waals surface area contributed by atoms with E-state index in [0.29, 0.717) is 21.4 Å². The van der Waals surface area contributed by atoms with E-state index in [2.05, 4.69) is 17.3 Å². The van der Waals surface area contributed by atoms with Gasteiger partial charge in [-0.2, -0.15) is 10.1 Å². The van der Waals surface area contributed by atoms with Crippen molar-refractivity contribution in [3.05, 3.63) is 69.7 Å². The molecule has 0 N–H and O–H groups in total. The van der Waals surface area contributed by atoms with E-state index in [1.807, 2.05) is 43.3 Å². The second kappa shape index (κ2) is 8.50. The van der Waals surface area contributed by atoms with Crippen LogP contribution in [-0.4, -0.2) is 37.1 Å². The first-order chi connectivity index (χ1) is 15.8. The van der Waals surface area contributed by atoms with Crippen LogP contribution in [-0.2, 0) is 16.2 Å². The molecular formula is C25H23Cl2N3O3. The minimum absolute atomic E-state index is 0.154. The molecular weight excluding hydrogens is 461 g/mol. The number of nitrogens with zero attached hydrogens (tertiary/aromatic N) is 3. The number of hydrogen-bond acceptors (Lipinski definition) is 5. The zero-order valence-corrected chi connectivity index (χ0v) is 19.8. The highest BCUT2D eigenvalue weighted by Crippen LogP contribution is 2.52. The highest BCUT2D eigenvalue weighted by Gasteiger charge is 2.59. The number of fused-ring (bicyclic) bond motifs is 5. The van der Waals surface area contributed by atoms with Gasteiger partial charge in [0.15, 0.2) is 0 Å². The van der Waals surface area contributed by atoms with Gasteiger partial charge in [-0.25, -0.2) is 0 Å². The van der Waals surface area contributed by atoms with Gasteiger partial charge in [-0.3, -0.25) is 9.59 Å². The van der Waals surface area contributed by atoms with Crippen molar-refractivity contribution in [2.75, 3.05) is 19.0 Å². The predicted octanol–water partition coefficient (Wildman–Crippen LogP) is 4.78. The van der Waals surface area contributed by atoms with Crippen molar-refractivity contribution >= 4 is 46.9 Å². The summed E-state index contributed by atoms with van der Waals surface area (Å²) in [7, 11) is 3.88. The molecule has 8 heteroatoms. The number of benzene rings is 2. The van der Waals surface area contributed by atoms with Crippen LogP contribution in [0.15, 0.2) is 53.7 Å². The molecule has 4 unspecified atom stereocenters. The van der Waals surface area contributed by atoms with Crippen molar-refractivity contribution in [2.45, 2.75) is 13.0 Å². The van der Waals surface area contributed by atoms with E-state index in [9.17, 15) is 9.59 Å². The molecule has 6 nitrogen and oxygen atoms in total. The average molecular weight is 484 g/mol. The SMILES string of the molecule is CN(C)c1ccc(C=NN2C(=O)C3C4C=CC(C4)C3C2=O)c(OCc2ccc(Cl)c(Cl)c2)c1. The van der Waals surface area contributed by atoms with Gasteiger partial charge in [-0.05, 0) is 48.1 Å². The van der Waals surface area contributed by atoms with E-state index >= 15 is 0 Å². The predicted molar refractivity (Wildman–Crippen MR) is 129 cm³/mol. The molecule has 4 atom stereocenters. The van der Waals surface area contributed by atoms with Gasteiger partial charge in [-0.1, -0.05) is 41.4 Å². The Labute approximate surface area is 202 Å². The second-order valence-electron chi connectivity index (χ2n) is 8.89. The van der Waals surface area contributed by atoms with Gasteiger partial charge in [0.05, 0.1) is 28.1 Å². The molecule has 170 valence electrons. The van der Waals surface area contributed by atoms with Crippen LogP contribution in [0.2, 0.25) is 10.0 Å². The highest BCUT2D eigenvalue weighted by atomic mass is 35.5. The summed E-state index contributed by atoms with van der Waals surface area (Å²) in [4.78, 5) is 27.8. The fraction of sp³-hybridized carbons (Fsp3) is 0.320. The Bertz CT molecular complexity index is 1160. The Hall–Kier alpha value is -2.83. The molecule has 1 heterocycles. The number of carbonyl (C=O) groups is 2. The summed E-state index contributed by atoms with van der Waals surface area (Å²) in [6.45, 7) is 0.273. The molecule has 33 heavy (non-hydrogen) atoms. The third-order valence-electron chi connectivity index (χ3n) is 6.65. The summed E-state index contributed by atoms with van der Waals surface area (Å²) in [6, 6.07) is 11.0. The fourth-order valence-electron chi connectivity index (χ4n) is 4.94. The Kier molecular flexibility index (Phi) is 5.67. The first kappa shape index (κ1) is 22.0. The van der Waals surface area contributed by atoms with E-state index < -0.39 is 0 Å². The van der Waals surface area contributed by atoms with Crippen LogP contribution >= 0.6 is 23.2 Å². The molecule has 1 saturated carbocycles. The lowest BCUT2D eigenvalue weighted by Gasteiger charge is -2.17. The number of hydrazone groups is 1. The lowest BCUT2D eigenvalue weighted by molar-refractivity contribution is -0.140. The Balaban J connectivity index is 1.38. The number of halogens is 2. The van der Waals surface area contributed by atoms with Crippen molar-refractivity contribution in [2.24, 2.45) is 28.8 Å². The largest absolute Gasteiger partial charge is 0.488 e. The Morgan fingerprint density at radius 1 is 1.03 bits per heavy atom. The highest BCUT2D eigenvalue weighted by molar-refractivity contribution is 6.42. The first-order valence-corrected chi connectivity index (χ1v) is 11.6. The van der Waals surface area contributed by atoms with Crippen LogP contribution < -0.4 is 9.64 Å². The minimum Gasteiger partial charge on any atom is -0.488 e. The molecule has 2 amide bonds. The number of imide groups is 1. The molecule has 0 spiro atoms. The molecule has 5 rings (SSSR count). The van der Waals surface area contributed by atoms with Crippen LogP contribution in [0.4, 0.5) is 5.69 Å². The minimum atomic E-state index is -0.272. The van der Waals surface area contributed by atoms with E-state index in [1.165, 1.54) is 6.21 Å². The average Bonchev–Trinajstić information content (AvgIpc) is 3.47. The maximum Gasteiger partial charge on any atom is 0.254 e. The summed E-state index contributed by atoms with van der Waals surface area (Å²) in [6.07, 6.45) is 6.55. The van der Waals surface area contributed by atoms with Gasteiger partial charge in [0.25, 0.3) is 11.8 Å². The fourth-order valence-corrected chi connectivity index (χ4v) is 5.26. The van der Waals surface area contributed by atoms with Gasteiger partial charge in [0, 0.05) is 31.4 Å². The Morgan fingerprint density at radius 3 is 2.36 bits per heavy atom. The molecule has 3 aliphatic rings. The number of hydrogen-bond donors (Lipinski definition) is 0. The molecule has 2 fully saturated rings. The van der Waals surface area contributed by atoms with Crippen molar-refractivity contribution in [1.82, 2.24) is 5.01 Å². The van der Waals surface area contributed by atoms with E-state index in [1.54, 1.807) is 12.1 Å². The number of ether oxygens (including phenoxy) is 1. The molecule has 0 radical (unpaired) electrons. The van der Waals surface area contributed by atoms with Gasteiger partial charge >= 0.3 is 0 Å². The summed E-state index contributed by atoms with van der Waals surface area (Å²) in [5, 5.41) is 6.29. The number of carbonyl (C=O) groups excluding carboxylic acids is 2. The third-order valence-corrected chi connectivity index (χ3v) is 7.39. The molecule has 0 aromatic heterocycles. The topological polar surface area (TPSA) is 62.2 Å². The Morgan fingerprint density at radius 2 is 1.73 bits per heavy atom. The van der Waals surface area contributed by atoms with Crippen molar-refractivity contribution in [1.29, 1.82) is 0 Å². The van der Waals surface area contributed by atoms with Gasteiger partial charge in [-0.15, -0.1) is 0 Å². The standard InChI is InChI=1S/C25H23Cl2N3O3/c1-29(2)18-7-6-17(21(11-18)33-13-14-3-8-19(26)20(27)9-14)12-28-30-24(31)22-15-4-5-16(10-15)23(22)25(30)32/h3-9,11-12,15-16,22-23H,10,13H2,1-2H3. The zero-order valence-electron chi connectivity index (χ0n) is 18.2. The summed E-state index contributed by atoms with van der Waals surface area (Å²) < 4.78 is 6.08.